The van der Waals surface area contributed by atoms with Crippen LogP contribution in [0.2, 0.25) is 0 Å². The third kappa shape index (κ3) is 3.93. The lowest BCUT2D eigenvalue weighted by Gasteiger charge is -2.24. The first kappa shape index (κ1) is 20.2. The molecule has 164 valence electrons. The van der Waals surface area contributed by atoms with E-state index in [2.05, 4.69) is 56.8 Å². The fourth-order valence-electron chi connectivity index (χ4n) is 3.89. The van der Waals surface area contributed by atoms with Crippen LogP contribution in [-0.4, -0.2) is 43.6 Å². The Kier molecular flexibility index (Phi) is 5.30. The molecule has 1 aromatic carbocycles. The highest BCUT2D eigenvalue weighted by molar-refractivity contribution is 5.96. The smallest absolute Gasteiger partial charge is 0.307 e. The molecule has 1 aliphatic rings. The number of carbonyl (C=O) groups is 1. The minimum absolute atomic E-state index is 0.0551. The highest BCUT2D eigenvalue weighted by atomic mass is 16.5. The number of hydrogen-bond donors (Lipinski definition) is 1. The lowest BCUT2D eigenvalue weighted by Crippen LogP contribution is -2.31. The largest absolute Gasteiger partial charge is 0.466 e. The number of hydrogen-bond acceptors (Lipinski definition) is 8. The number of aryl methyl sites for hydroxylation is 2. The zero-order chi connectivity index (χ0) is 22.1. The highest BCUT2D eigenvalue weighted by Crippen LogP contribution is 2.34. The molecule has 3 aromatic heterocycles. The molecule has 0 spiro atoms. The molecule has 0 radical (unpaired) electrons. The Balaban J connectivity index is 1.51. The zero-order valence-electron chi connectivity index (χ0n) is 18.0. The van der Waals surface area contributed by atoms with E-state index in [1.54, 1.807) is 12.4 Å². The van der Waals surface area contributed by atoms with Crippen molar-refractivity contribution in [1.29, 1.82) is 0 Å². The number of aromatic nitrogens is 5. The van der Waals surface area contributed by atoms with Gasteiger partial charge in [-0.2, -0.15) is 5.10 Å². The van der Waals surface area contributed by atoms with Crippen LogP contribution in [0.25, 0.3) is 22.5 Å². The van der Waals surface area contributed by atoms with E-state index in [-0.39, 0.29) is 12.0 Å². The molecule has 1 fully saturated rings. The molecule has 0 saturated carbocycles. The molecular formula is C23H24N6O3. The van der Waals surface area contributed by atoms with E-state index in [9.17, 15) is 4.79 Å². The molecule has 1 aliphatic heterocycles. The van der Waals surface area contributed by atoms with Gasteiger partial charge < -0.3 is 14.5 Å². The quantitative estimate of drug-likeness (QED) is 0.461. The van der Waals surface area contributed by atoms with Gasteiger partial charge in [-0.15, -0.1) is 10.2 Å². The number of ether oxygens (including phenoxy) is 1. The molecule has 1 atom stereocenters. The normalized spacial score (nSPS) is 16.3. The number of cyclic esters (lactones) is 1. The van der Waals surface area contributed by atoms with Gasteiger partial charge in [0.2, 0.25) is 5.89 Å². The average Bonchev–Trinajstić information content (AvgIpc) is 3.42. The molecule has 1 N–H and O–H groups in total. The number of pyridine rings is 1. The maximum Gasteiger partial charge on any atom is 0.307 e. The third-order valence-corrected chi connectivity index (χ3v) is 5.63. The molecule has 5 rings (SSSR count). The predicted octanol–water partition coefficient (Wildman–Crippen LogP) is 3.52. The van der Waals surface area contributed by atoms with Crippen LogP contribution in [0.15, 0.2) is 41.1 Å². The van der Waals surface area contributed by atoms with Crippen molar-refractivity contribution in [2.45, 2.75) is 45.7 Å². The first-order valence-electron chi connectivity index (χ1n) is 10.8. The van der Waals surface area contributed by atoms with Gasteiger partial charge in [-0.25, -0.2) is 9.67 Å². The lowest BCUT2D eigenvalue weighted by atomic mass is 10.1. The number of rotatable bonds is 6. The molecule has 4 heterocycles. The van der Waals surface area contributed by atoms with Gasteiger partial charge in [-0.05, 0) is 19.4 Å². The Morgan fingerprint density at radius 1 is 1.19 bits per heavy atom. The molecule has 0 amide bonds. The van der Waals surface area contributed by atoms with Crippen LogP contribution >= 0.6 is 0 Å². The summed E-state index contributed by atoms with van der Waals surface area (Å²) in [6.07, 6.45) is 5.08. The molecule has 1 unspecified atom stereocenters. The SMILES string of the molecule is CCn1ncc2c(NC3CCOC(=O)C3)c(-c3nnc(Cc4ccc(C)cc4)o3)cnc21. The first-order valence-corrected chi connectivity index (χ1v) is 10.8. The fraction of sp³-hybridized carbons (Fsp3) is 0.348. The summed E-state index contributed by atoms with van der Waals surface area (Å²) >= 11 is 0. The van der Waals surface area contributed by atoms with E-state index in [1.165, 1.54) is 5.56 Å². The topological polar surface area (TPSA) is 108 Å². The van der Waals surface area contributed by atoms with Crippen molar-refractivity contribution in [3.05, 3.63) is 53.7 Å². The van der Waals surface area contributed by atoms with Crippen molar-refractivity contribution in [3.8, 4) is 11.5 Å². The summed E-state index contributed by atoms with van der Waals surface area (Å²) in [6.45, 7) is 5.17. The maximum atomic E-state index is 11.8. The van der Waals surface area contributed by atoms with Gasteiger partial charge >= 0.3 is 5.97 Å². The van der Waals surface area contributed by atoms with Crippen LogP contribution in [0.1, 0.15) is 36.8 Å². The van der Waals surface area contributed by atoms with Crippen molar-refractivity contribution in [3.63, 3.8) is 0 Å². The average molecular weight is 432 g/mol. The highest BCUT2D eigenvalue weighted by Gasteiger charge is 2.25. The second kappa shape index (κ2) is 8.41. The van der Waals surface area contributed by atoms with Crippen LogP contribution in [0.3, 0.4) is 0 Å². The number of nitrogens with one attached hydrogen (secondary N) is 1. The maximum absolute atomic E-state index is 11.8. The van der Waals surface area contributed by atoms with Crippen molar-refractivity contribution in [1.82, 2.24) is 25.0 Å². The van der Waals surface area contributed by atoms with E-state index in [0.29, 0.717) is 43.3 Å². The van der Waals surface area contributed by atoms with Gasteiger partial charge in [-0.3, -0.25) is 4.79 Å². The summed E-state index contributed by atoms with van der Waals surface area (Å²) in [5, 5.41) is 17.3. The summed E-state index contributed by atoms with van der Waals surface area (Å²) in [7, 11) is 0. The Bertz CT molecular complexity index is 1260. The van der Waals surface area contributed by atoms with E-state index >= 15 is 0 Å². The van der Waals surface area contributed by atoms with Crippen molar-refractivity contribution >= 4 is 22.7 Å². The van der Waals surface area contributed by atoms with Gasteiger partial charge in [-0.1, -0.05) is 29.8 Å². The van der Waals surface area contributed by atoms with Crippen LogP contribution in [0.5, 0.6) is 0 Å². The minimum atomic E-state index is -0.206. The van der Waals surface area contributed by atoms with Crippen LogP contribution in [0.4, 0.5) is 5.69 Å². The summed E-state index contributed by atoms with van der Waals surface area (Å²) < 4.78 is 12.9. The van der Waals surface area contributed by atoms with Gasteiger partial charge in [0.05, 0.1) is 42.3 Å². The Hall–Kier alpha value is -3.75. The zero-order valence-corrected chi connectivity index (χ0v) is 18.0. The summed E-state index contributed by atoms with van der Waals surface area (Å²) in [4.78, 5) is 16.4. The van der Waals surface area contributed by atoms with Crippen LogP contribution < -0.4 is 5.32 Å². The van der Waals surface area contributed by atoms with E-state index in [0.717, 1.165) is 28.7 Å². The minimum Gasteiger partial charge on any atom is -0.466 e. The lowest BCUT2D eigenvalue weighted by molar-refractivity contribution is -0.147. The first-order chi connectivity index (χ1) is 15.6. The molecule has 4 aromatic rings. The monoisotopic (exact) mass is 432 g/mol. The van der Waals surface area contributed by atoms with Gasteiger partial charge in [0.1, 0.15) is 0 Å². The van der Waals surface area contributed by atoms with Crippen LogP contribution in [-0.2, 0) is 22.5 Å². The summed E-state index contributed by atoms with van der Waals surface area (Å²) in [5.41, 5.74) is 4.54. The summed E-state index contributed by atoms with van der Waals surface area (Å²) in [5.74, 6) is 0.704. The van der Waals surface area contributed by atoms with E-state index in [4.69, 9.17) is 9.15 Å². The van der Waals surface area contributed by atoms with E-state index < -0.39 is 0 Å². The molecule has 9 heteroatoms. The Morgan fingerprint density at radius 3 is 2.81 bits per heavy atom. The third-order valence-electron chi connectivity index (χ3n) is 5.63. The van der Waals surface area contributed by atoms with Gasteiger partial charge in [0.15, 0.2) is 5.65 Å². The van der Waals surface area contributed by atoms with E-state index in [1.807, 2.05) is 11.6 Å². The molecule has 1 saturated heterocycles. The number of fused-ring (bicyclic) bond motifs is 1. The molecule has 32 heavy (non-hydrogen) atoms. The molecular weight excluding hydrogens is 408 g/mol. The number of esters is 1. The van der Waals surface area contributed by atoms with Crippen LogP contribution in [0, 0.1) is 6.92 Å². The fourth-order valence-corrected chi connectivity index (χ4v) is 3.89. The van der Waals surface area contributed by atoms with Gasteiger partial charge in [0, 0.05) is 25.2 Å². The summed E-state index contributed by atoms with van der Waals surface area (Å²) in [6, 6.07) is 8.18. The Morgan fingerprint density at radius 2 is 2.03 bits per heavy atom. The van der Waals surface area contributed by atoms with Crippen molar-refractivity contribution < 1.29 is 13.9 Å². The second-order valence-electron chi connectivity index (χ2n) is 7.96. The van der Waals surface area contributed by atoms with Crippen molar-refractivity contribution in [2.24, 2.45) is 0 Å². The number of nitrogens with zero attached hydrogens (tertiary/aromatic N) is 5. The second-order valence-corrected chi connectivity index (χ2v) is 7.96. The number of carbonyl (C=O) groups excluding carboxylic acids is 1. The molecule has 9 nitrogen and oxygen atoms in total. The van der Waals surface area contributed by atoms with Gasteiger partial charge in [0.25, 0.3) is 5.89 Å². The standard InChI is InChI=1S/C23H24N6O3/c1-3-29-22-17(13-25-29)21(26-16-8-9-31-20(30)11-16)18(12-24-22)23-28-27-19(32-23)10-15-6-4-14(2)5-7-15/h4-7,12-13,16H,3,8-11H2,1-2H3,(H,24,26). The van der Waals surface area contributed by atoms with Crippen molar-refractivity contribution in [2.75, 3.05) is 11.9 Å². The molecule has 0 aliphatic carbocycles. The predicted molar refractivity (Wildman–Crippen MR) is 118 cm³/mol. The Labute approximate surface area is 184 Å². The number of benzene rings is 1. The molecule has 0 bridgehead atoms. The number of anilines is 1.